The van der Waals surface area contributed by atoms with Crippen molar-refractivity contribution in [1.82, 2.24) is 10.6 Å². The second kappa shape index (κ2) is 9.40. The van der Waals surface area contributed by atoms with Gasteiger partial charge in [0, 0.05) is 12.6 Å². The van der Waals surface area contributed by atoms with Crippen LogP contribution in [0.15, 0.2) is 18.2 Å². The molecule has 0 spiro atoms. The summed E-state index contributed by atoms with van der Waals surface area (Å²) in [7, 11) is 0. The number of amides is 1. The maximum atomic E-state index is 11.6. The molecule has 1 aromatic rings. The molecule has 0 heterocycles. The van der Waals surface area contributed by atoms with Crippen molar-refractivity contribution < 1.29 is 9.53 Å². The van der Waals surface area contributed by atoms with Crippen molar-refractivity contribution >= 4 is 5.91 Å². The Hall–Kier alpha value is -1.55. The van der Waals surface area contributed by atoms with Gasteiger partial charge in [0.15, 0.2) is 6.61 Å². The van der Waals surface area contributed by atoms with E-state index in [0.29, 0.717) is 6.04 Å². The number of rotatable bonds is 9. The summed E-state index contributed by atoms with van der Waals surface area (Å²) >= 11 is 0. The third-order valence-electron chi connectivity index (χ3n) is 3.42. The minimum absolute atomic E-state index is 0.0621. The van der Waals surface area contributed by atoms with E-state index < -0.39 is 0 Å². The second-order valence-electron chi connectivity index (χ2n) is 5.30. The third-order valence-corrected chi connectivity index (χ3v) is 3.42. The molecule has 0 radical (unpaired) electrons. The first-order valence-corrected chi connectivity index (χ1v) is 7.81. The molecule has 0 aliphatic heterocycles. The van der Waals surface area contributed by atoms with Gasteiger partial charge in [0.2, 0.25) is 0 Å². The number of unbranched alkanes of at least 4 members (excludes halogenated alkanes) is 1. The zero-order valence-electron chi connectivity index (χ0n) is 13.7. The highest BCUT2D eigenvalue weighted by molar-refractivity contribution is 5.77. The average Bonchev–Trinajstić information content (AvgIpc) is 2.46. The van der Waals surface area contributed by atoms with Crippen molar-refractivity contribution in [3.8, 4) is 5.75 Å². The molecule has 0 aliphatic carbocycles. The van der Waals surface area contributed by atoms with Crippen molar-refractivity contribution in [2.24, 2.45) is 0 Å². The van der Waals surface area contributed by atoms with Crippen LogP contribution >= 0.6 is 0 Å². The molecule has 0 bridgehead atoms. The van der Waals surface area contributed by atoms with Crippen LogP contribution < -0.4 is 15.4 Å². The molecule has 2 N–H and O–H groups in total. The minimum Gasteiger partial charge on any atom is -0.484 e. The Bertz CT molecular complexity index is 446. The number of nitrogens with one attached hydrogen (secondary N) is 2. The summed E-state index contributed by atoms with van der Waals surface area (Å²) in [5.74, 6) is 0.709. The van der Waals surface area contributed by atoms with Crippen LogP contribution in [0.3, 0.4) is 0 Å². The Morgan fingerprint density at radius 3 is 2.71 bits per heavy atom. The Balaban J connectivity index is 2.51. The molecular weight excluding hydrogens is 264 g/mol. The smallest absolute Gasteiger partial charge is 0.257 e. The second-order valence-corrected chi connectivity index (χ2v) is 5.30. The van der Waals surface area contributed by atoms with E-state index in [1.54, 1.807) is 0 Å². The molecule has 1 rings (SSSR count). The fourth-order valence-corrected chi connectivity index (χ4v) is 2.13. The van der Waals surface area contributed by atoms with E-state index in [1.165, 1.54) is 5.56 Å². The first-order valence-electron chi connectivity index (χ1n) is 7.81. The standard InChI is InChI=1S/C17H28N2O2/c1-5-7-10-19-17(20)12-21-16-9-8-15(11-13(16)3)14(4)18-6-2/h8-9,11,14,18H,5-7,10,12H2,1-4H3,(H,19,20). The number of hydrogen-bond donors (Lipinski definition) is 2. The van der Waals surface area contributed by atoms with Crippen LogP contribution in [0.4, 0.5) is 0 Å². The van der Waals surface area contributed by atoms with E-state index in [1.807, 2.05) is 19.1 Å². The largest absolute Gasteiger partial charge is 0.484 e. The van der Waals surface area contributed by atoms with Crippen LogP contribution in [0.2, 0.25) is 0 Å². The predicted octanol–water partition coefficient (Wildman–Crippen LogP) is 2.96. The van der Waals surface area contributed by atoms with Crippen molar-refractivity contribution in [2.75, 3.05) is 19.7 Å². The number of hydrogen-bond acceptors (Lipinski definition) is 3. The van der Waals surface area contributed by atoms with Gasteiger partial charge >= 0.3 is 0 Å². The number of ether oxygens (including phenoxy) is 1. The lowest BCUT2D eigenvalue weighted by Gasteiger charge is -2.15. The molecule has 118 valence electrons. The maximum Gasteiger partial charge on any atom is 0.257 e. The fraction of sp³-hybridized carbons (Fsp3) is 0.588. The summed E-state index contributed by atoms with van der Waals surface area (Å²) in [6.45, 7) is 10.1. The quantitative estimate of drug-likeness (QED) is 0.688. The number of aryl methyl sites for hydroxylation is 1. The van der Waals surface area contributed by atoms with Gasteiger partial charge in [0.25, 0.3) is 5.91 Å². The Kier molecular flexibility index (Phi) is 7.83. The molecule has 21 heavy (non-hydrogen) atoms. The minimum atomic E-state index is -0.0621. The van der Waals surface area contributed by atoms with E-state index in [2.05, 4.69) is 37.5 Å². The monoisotopic (exact) mass is 292 g/mol. The zero-order chi connectivity index (χ0) is 15.7. The molecule has 0 aliphatic rings. The topological polar surface area (TPSA) is 50.4 Å². The summed E-state index contributed by atoms with van der Waals surface area (Å²) in [6.07, 6.45) is 2.08. The normalized spacial score (nSPS) is 12.0. The van der Waals surface area contributed by atoms with Gasteiger partial charge in [-0.2, -0.15) is 0 Å². The van der Waals surface area contributed by atoms with Gasteiger partial charge in [0.05, 0.1) is 0 Å². The van der Waals surface area contributed by atoms with Crippen LogP contribution in [-0.2, 0) is 4.79 Å². The molecule has 0 saturated heterocycles. The molecule has 4 heteroatoms. The molecular formula is C17H28N2O2. The fourth-order valence-electron chi connectivity index (χ4n) is 2.13. The predicted molar refractivity (Wildman–Crippen MR) is 86.7 cm³/mol. The van der Waals surface area contributed by atoms with Crippen molar-refractivity contribution in [2.45, 2.75) is 46.6 Å². The Labute approximate surface area is 128 Å². The maximum absolute atomic E-state index is 11.6. The molecule has 1 aromatic carbocycles. The van der Waals surface area contributed by atoms with Gasteiger partial charge in [-0.15, -0.1) is 0 Å². The first-order chi connectivity index (χ1) is 10.1. The van der Waals surface area contributed by atoms with Crippen molar-refractivity contribution in [1.29, 1.82) is 0 Å². The number of benzene rings is 1. The lowest BCUT2D eigenvalue weighted by atomic mass is 10.1. The Morgan fingerprint density at radius 1 is 1.33 bits per heavy atom. The molecule has 4 nitrogen and oxygen atoms in total. The van der Waals surface area contributed by atoms with Crippen molar-refractivity contribution in [3.63, 3.8) is 0 Å². The van der Waals surface area contributed by atoms with Gasteiger partial charge < -0.3 is 15.4 Å². The van der Waals surface area contributed by atoms with Gasteiger partial charge in [-0.1, -0.05) is 32.4 Å². The van der Waals surface area contributed by atoms with E-state index >= 15 is 0 Å². The lowest BCUT2D eigenvalue weighted by molar-refractivity contribution is -0.123. The van der Waals surface area contributed by atoms with E-state index in [-0.39, 0.29) is 12.5 Å². The van der Waals surface area contributed by atoms with Gasteiger partial charge in [-0.05, 0) is 44.0 Å². The molecule has 0 fully saturated rings. The highest BCUT2D eigenvalue weighted by atomic mass is 16.5. The Morgan fingerprint density at radius 2 is 2.10 bits per heavy atom. The van der Waals surface area contributed by atoms with Crippen LogP contribution in [0.1, 0.15) is 50.8 Å². The first kappa shape index (κ1) is 17.5. The summed E-state index contributed by atoms with van der Waals surface area (Å²) in [6, 6.07) is 6.42. The summed E-state index contributed by atoms with van der Waals surface area (Å²) in [5, 5.41) is 6.23. The lowest BCUT2D eigenvalue weighted by Crippen LogP contribution is -2.29. The summed E-state index contributed by atoms with van der Waals surface area (Å²) in [4.78, 5) is 11.6. The molecule has 1 atom stereocenters. The molecule has 1 amide bonds. The molecule has 0 saturated carbocycles. The zero-order valence-corrected chi connectivity index (χ0v) is 13.7. The van der Waals surface area contributed by atoms with Crippen LogP contribution in [-0.4, -0.2) is 25.6 Å². The van der Waals surface area contributed by atoms with E-state index in [4.69, 9.17) is 4.74 Å². The van der Waals surface area contributed by atoms with Crippen LogP contribution in [0, 0.1) is 6.92 Å². The van der Waals surface area contributed by atoms with Crippen molar-refractivity contribution in [3.05, 3.63) is 29.3 Å². The van der Waals surface area contributed by atoms with Crippen LogP contribution in [0.5, 0.6) is 5.75 Å². The van der Waals surface area contributed by atoms with Gasteiger partial charge in [-0.3, -0.25) is 4.79 Å². The highest BCUT2D eigenvalue weighted by Crippen LogP contribution is 2.22. The van der Waals surface area contributed by atoms with E-state index in [9.17, 15) is 4.79 Å². The summed E-state index contributed by atoms with van der Waals surface area (Å²) in [5.41, 5.74) is 2.28. The number of carbonyl (C=O) groups excluding carboxylic acids is 1. The van der Waals surface area contributed by atoms with E-state index in [0.717, 1.165) is 37.2 Å². The molecule has 1 unspecified atom stereocenters. The summed E-state index contributed by atoms with van der Waals surface area (Å²) < 4.78 is 5.59. The average molecular weight is 292 g/mol. The SMILES string of the molecule is CCCCNC(=O)COc1ccc(C(C)NCC)cc1C. The number of carbonyl (C=O) groups is 1. The highest BCUT2D eigenvalue weighted by Gasteiger charge is 2.08. The van der Waals surface area contributed by atoms with Gasteiger partial charge in [0.1, 0.15) is 5.75 Å². The molecule has 0 aromatic heterocycles. The van der Waals surface area contributed by atoms with Gasteiger partial charge in [-0.25, -0.2) is 0 Å². The third kappa shape index (κ3) is 6.17. The van der Waals surface area contributed by atoms with Crippen LogP contribution in [0.25, 0.3) is 0 Å².